The van der Waals surface area contributed by atoms with Crippen molar-refractivity contribution in [3.8, 4) is 0 Å². The molecule has 0 aromatic carbocycles. The van der Waals surface area contributed by atoms with Crippen molar-refractivity contribution in [2.45, 2.75) is 185 Å². The minimum absolute atomic E-state index is 0.0455. The second kappa shape index (κ2) is 15.8. The molecule has 3 fully saturated rings. The van der Waals surface area contributed by atoms with Gasteiger partial charge in [-0.25, -0.2) is 0 Å². The van der Waals surface area contributed by atoms with Crippen molar-refractivity contribution in [3.63, 3.8) is 0 Å². The molecule has 0 bridgehead atoms. The Morgan fingerprint density at radius 2 is 0.919 bits per heavy atom. The third-order valence-electron chi connectivity index (χ3n) is 10.4. The first kappa shape index (κ1) is 30.8. The molecule has 1 N–H and O–H groups in total. The Balaban J connectivity index is 1.59. The second-order valence-corrected chi connectivity index (χ2v) is 13.7. The van der Waals surface area contributed by atoms with E-state index in [0.29, 0.717) is 23.6 Å². The first-order valence-corrected chi connectivity index (χ1v) is 16.4. The Kier molecular flexibility index (Phi) is 13.1. The SMILES string of the molecule is CC1([B][B]C2(C3(C)CCCCCCCCCCCCCCC3)CC2)CCCCCCC(=O)NC(=O)CC1. The van der Waals surface area contributed by atoms with Crippen LogP contribution < -0.4 is 5.32 Å². The van der Waals surface area contributed by atoms with Gasteiger partial charge in [0.2, 0.25) is 11.8 Å². The van der Waals surface area contributed by atoms with Crippen molar-refractivity contribution in [1.29, 1.82) is 0 Å². The number of hydrogen-bond acceptors (Lipinski definition) is 2. The quantitative estimate of drug-likeness (QED) is 0.304. The molecule has 3 aliphatic rings. The molecule has 5 heteroatoms. The molecule has 2 aliphatic carbocycles. The number of amides is 2. The molecule has 2 saturated carbocycles. The minimum Gasteiger partial charge on any atom is -0.296 e. The van der Waals surface area contributed by atoms with Crippen LogP contribution in [0, 0.1) is 5.41 Å². The van der Waals surface area contributed by atoms with Crippen LogP contribution in [0.15, 0.2) is 0 Å². The van der Waals surface area contributed by atoms with E-state index < -0.39 is 0 Å². The lowest BCUT2D eigenvalue weighted by atomic mass is 9.20. The first-order valence-electron chi connectivity index (χ1n) is 16.4. The van der Waals surface area contributed by atoms with Crippen LogP contribution in [0.1, 0.15) is 174 Å². The summed E-state index contributed by atoms with van der Waals surface area (Å²) >= 11 is 0. The monoisotopic (exact) mass is 509 g/mol. The van der Waals surface area contributed by atoms with Crippen molar-refractivity contribution in [3.05, 3.63) is 0 Å². The summed E-state index contributed by atoms with van der Waals surface area (Å²) in [6.45, 7) is 4.98. The number of nitrogens with one attached hydrogen (secondary N) is 1. The summed E-state index contributed by atoms with van der Waals surface area (Å²) < 4.78 is 0. The highest BCUT2D eigenvalue weighted by atomic mass is 16.2. The van der Waals surface area contributed by atoms with E-state index in [1.54, 1.807) is 0 Å². The summed E-state index contributed by atoms with van der Waals surface area (Å²) in [5.41, 5.74) is 0.409. The van der Waals surface area contributed by atoms with E-state index in [-0.39, 0.29) is 17.1 Å². The molecule has 1 atom stereocenters. The fraction of sp³-hybridized carbons (Fsp3) is 0.938. The molecular formula is C32H57B2NO2. The Hall–Kier alpha value is -0.730. The van der Waals surface area contributed by atoms with Crippen LogP contribution in [0.5, 0.6) is 0 Å². The molecule has 1 aliphatic heterocycles. The summed E-state index contributed by atoms with van der Waals surface area (Å²) in [5.74, 6) is -0.177. The molecule has 2 radical (unpaired) electrons. The van der Waals surface area contributed by atoms with Crippen LogP contribution in [0.25, 0.3) is 0 Å². The molecule has 1 heterocycles. The topological polar surface area (TPSA) is 46.2 Å². The molecule has 3 nitrogen and oxygen atoms in total. The Morgan fingerprint density at radius 3 is 1.43 bits per heavy atom. The smallest absolute Gasteiger partial charge is 0.226 e. The minimum atomic E-state index is -0.0901. The van der Waals surface area contributed by atoms with Gasteiger partial charge in [0.1, 0.15) is 0 Å². The fourth-order valence-corrected chi connectivity index (χ4v) is 7.20. The van der Waals surface area contributed by atoms with E-state index in [1.807, 2.05) is 0 Å². The maximum atomic E-state index is 12.4. The zero-order valence-electron chi connectivity index (χ0n) is 24.6. The maximum absolute atomic E-state index is 12.4. The van der Waals surface area contributed by atoms with E-state index in [4.69, 9.17) is 0 Å². The molecular weight excluding hydrogens is 452 g/mol. The van der Waals surface area contributed by atoms with Gasteiger partial charge >= 0.3 is 0 Å². The molecule has 0 aromatic rings. The zero-order valence-corrected chi connectivity index (χ0v) is 24.6. The average molecular weight is 509 g/mol. The molecule has 2 amide bonds. The van der Waals surface area contributed by atoms with Gasteiger partial charge < -0.3 is 0 Å². The molecule has 0 spiro atoms. The Morgan fingerprint density at radius 1 is 0.486 bits per heavy atom. The van der Waals surface area contributed by atoms with E-state index in [0.717, 1.165) is 25.7 Å². The van der Waals surface area contributed by atoms with Gasteiger partial charge in [0.25, 0.3) is 0 Å². The molecule has 0 aromatic heterocycles. The maximum Gasteiger partial charge on any atom is 0.226 e. The van der Waals surface area contributed by atoms with Crippen LogP contribution in [-0.4, -0.2) is 26.2 Å². The van der Waals surface area contributed by atoms with Gasteiger partial charge in [0, 0.05) is 12.8 Å². The van der Waals surface area contributed by atoms with E-state index >= 15 is 0 Å². The Bertz CT molecular complexity index is 676. The van der Waals surface area contributed by atoms with Gasteiger partial charge in [0.05, 0.1) is 14.3 Å². The van der Waals surface area contributed by atoms with E-state index in [2.05, 4.69) is 33.5 Å². The van der Waals surface area contributed by atoms with E-state index in [1.165, 1.54) is 122 Å². The van der Waals surface area contributed by atoms with Crippen molar-refractivity contribution in [1.82, 2.24) is 5.32 Å². The van der Waals surface area contributed by atoms with Crippen molar-refractivity contribution in [2.24, 2.45) is 5.41 Å². The van der Waals surface area contributed by atoms with Gasteiger partial charge in [-0.2, -0.15) is 0 Å². The number of carbonyl (C=O) groups is 2. The number of rotatable bonds is 4. The van der Waals surface area contributed by atoms with Gasteiger partial charge in [0.15, 0.2) is 0 Å². The summed E-state index contributed by atoms with van der Waals surface area (Å²) in [6.07, 6.45) is 31.2. The van der Waals surface area contributed by atoms with Gasteiger partial charge in [-0.1, -0.05) is 146 Å². The normalized spacial score (nSPS) is 29.7. The predicted molar refractivity (Wildman–Crippen MR) is 159 cm³/mol. The van der Waals surface area contributed by atoms with Gasteiger partial charge in [-0.15, -0.1) is 0 Å². The largest absolute Gasteiger partial charge is 0.296 e. The van der Waals surface area contributed by atoms with Crippen molar-refractivity contribution < 1.29 is 9.59 Å². The van der Waals surface area contributed by atoms with Crippen LogP contribution in [-0.2, 0) is 9.59 Å². The summed E-state index contributed by atoms with van der Waals surface area (Å²) in [6, 6.07) is 0. The van der Waals surface area contributed by atoms with Crippen molar-refractivity contribution in [2.75, 3.05) is 0 Å². The zero-order chi connectivity index (χ0) is 26.5. The van der Waals surface area contributed by atoms with E-state index in [9.17, 15) is 9.59 Å². The number of imide groups is 1. The van der Waals surface area contributed by atoms with Crippen LogP contribution in [0.3, 0.4) is 0 Å². The van der Waals surface area contributed by atoms with Crippen LogP contribution in [0.4, 0.5) is 0 Å². The summed E-state index contributed by atoms with van der Waals surface area (Å²) in [7, 11) is 5.17. The lowest BCUT2D eigenvalue weighted by molar-refractivity contribution is -0.130. The fourth-order valence-electron chi connectivity index (χ4n) is 7.20. The second-order valence-electron chi connectivity index (χ2n) is 13.7. The highest BCUT2D eigenvalue weighted by Gasteiger charge is 2.55. The molecule has 1 saturated heterocycles. The van der Waals surface area contributed by atoms with Crippen molar-refractivity contribution >= 4 is 26.2 Å². The highest BCUT2D eigenvalue weighted by molar-refractivity contribution is 7.03. The average Bonchev–Trinajstić information content (AvgIpc) is 3.67. The third kappa shape index (κ3) is 10.7. The first-order chi connectivity index (χ1) is 17.9. The third-order valence-corrected chi connectivity index (χ3v) is 10.4. The van der Waals surface area contributed by atoms with Crippen LogP contribution >= 0.6 is 0 Å². The highest BCUT2D eigenvalue weighted by Crippen LogP contribution is 2.68. The standard InChI is InChI=1S/C32H57B2NO2/c1-30(22-17-13-10-8-6-4-3-5-7-9-11-14-18-23-30)32(26-27-32)34-33-31(2)24-19-15-12-16-20-28(36)35-29(37)21-25-31/h3-27H2,1-2H3,(H,35,36,37). The molecule has 208 valence electrons. The lowest BCUT2D eigenvalue weighted by Crippen LogP contribution is -2.36. The Labute approximate surface area is 231 Å². The van der Waals surface area contributed by atoms with Crippen LogP contribution in [0.2, 0.25) is 10.6 Å². The molecule has 37 heavy (non-hydrogen) atoms. The predicted octanol–water partition coefficient (Wildman–Crippen LogP) is 9.09. The lowest BCUT2D eigenvalue weighted by Gasteiger charge is -2.41. The molecule has 1 unspecified atom stereocenters. The number of hydrogen-bond donors (Lipinski definition) is 1. The van der Waals surface area contributed by atoms with Gasteiger partial charge in [-0.05, 0) is 31.1 Å². The molecule has 3 rings (SSSR count). The van der Waals surface area contributed by atoms with Gasteiger partial charge in [-0.3, -0.25) is 14.9 Å². The number of carbonyl (C=O) groups excluding carboxylic acids is 2. The summed E-state index contributed by atoms with van der Waals surface area (Å²) in [4.78, 5) is 24.4. The summed E-state index contributed by atoms with van der Waals surface area (Å²) in [5, 5.41) is 3.04.